The second-order valence-corrected chi connectivity index (χ2v) is 5.39. The van der Waals surface area contributed by atoms with E-state index in [1.165, 1.54) is 0 Å². The summed E-state index contributed by atoms with van der Waals surface area (Å²) < 4.78 is 0. The number of hydrogen-bond donors (Lipinski definition) is 3. The van der Waals surface area contributed by atoms with Crippen LogP contribution >= 0.6 is 0 Å². The normalized spacial score (nSPS) is 17.1. The minimum atomic E-state index is -0.171. The molecule has 0 aromatic heterocycles. The van der Waals surface area contributed by atoms with Gasteiger partial charge in [-0.05, 0) is 37.5 Å². The highest BCUT2D eigenvalue weighted by atomic mass is 16.3. The van der Waals surface area contributed by atoms with Crippen molar-refractivity contribution in [3.8, 4) is 0 Å². The Morgan fingerprint density at radius 3 is 2.85 bits per heavy atom. The lowest BCUT2D eigenvalue weighted by atomic mass is 10.1. The van der Waals surface area contributed by atoms with Gasteiger partial charge in [0.1, 0.15) is 0 Å². The van der Waals surface area contributed by atoms with Crippen LogP contribution in [0.25, 0.3) is 0 Å². The van der Waals surface area contributed by atoms with Crippen molar-refractivity contribution >= 4 is 17.3 Å². The highest BCUT2D eigenvalue weighted by Crippen LogP contribution is 2.20. The van der Waals surface area contributed by atoms with Crippen molar-refractivity contribution in [2.24, 2.45) is 0 Å². The van der Waals surface area contributed by atoms with Crippen LogP contribution in [0.15, 0.2) is 18.2 Å². The molecular formula is C15H23N3O2. The Morgan fingerprint density at radius 2 is 2.15 bits per heavy atom. The summed E-state index contributed by atoms with van der Waals surface area (Å²) in [7, 11) is 0. The van der Waals surface area contributed by atoms with E-state index in [0.717, 1.165) is 43.7 Å². The van der Waals surface area contributed by atoms with Gasteiger partial charge in [0.25, 0.3) is 0 Å². The summed E-state index contributed by atoms with van der Waals surface area (Å²) in [5.74, 6) is 0.00446. The van der Waals surface area contributed by atoms with Gasteiger partial charge in [-0.15, -0.1) is 0 Å². The number of carbonyl (C=O) groups is 1. The number of carbonyl (C=O) groups excluding carboxylic acids is 1. The highest BCUT2D eigenvalue weighted by Gasteiger charge is 2.17. The number of amides is 1. The van der Waals surface area contributed by atoms with Crippen LogP contribution in [-0.4, -0.2) is 41.7 Å². The zero-order chi connectivity index (χ0) is 14.5. The predicted octanol–water partition coefficient (Wildman–Crippen LogP) is 1.36. The van der Waals surface area contributed by atoms with Crippen LogP contribution in [-0.2, 0) is 4.79 Å². The average molecular weight is 277 g/mol. The summed E-state index contributed by atoms with van der Waals surface area (Å²) in [6.45, 7) is 4.37. The number of nitrogens with one attached hydrogen (secondary N) is 1. The SMILES string of the molecule is Cc1c(N)cccc1NC(=O)CCN1CCC(O)CC1. The van der Waals surface area contributed by atoms with Gasteiger partial charge in [-0.2, -0.15) is 0 Å². The summed E-state index contributed by atoms with van der Waals surface area (Å²) in [4.78, 5) is 14.2. The third-order valence-corrected chi connectivity index (χ3v) is 3.86. The standard InChI is InChI=1S/C15H23N3O2/c1-11-13(16)3-2-4-14(11)17-15(20)7-10-18-8-5-12(19)6-9-18/h2-4,12,19H,5-10,16H2,1H3,(H,17,20). The molecule has 1 aromatic carbocycles. The molecule has 0 spiro atoms. The van der Waals surface area contributed by atoms with Gasteiger partial charge < -0.3 is 21.1 Å². The molecule has 5 heteroatoms. The molecule has 0 saturated carbocycles. The van der Waals surface area contributed by atoms with Crippen molar-refractivity contribution in [1.29, 1.82) is 0 Å². The maximum Gasteiger partial charge on any atom is 0.225 e. The summed E-state index contributed by atoms with van der Waals surface area (Å²) in [5, 5.41) is 12.3. The number of nitrogen functional groups attached to an aromatic ring is 1. The maximum atomic E-state index is 12.0. The molecule has 1 aliphatic rings. The quantitative estimate of drug-likeness (QED) is 0.726. The van der Waals surface area contributed by atoms with Crippen LogP contribution in [0, 0.1) is 6.92 Å². The van der Waals surface area contributed by atoms with Crippen LogP contribution < -0.4 is 11.1 Å². The van der Waals surface area contributed by atoms with Gasteiger partial charge in [-0.1, -0.05) is 6.07 Å². The number of benzene rings is 1. The van der Waals surface area contributed by atoms with E-state index < -0.39 is 0 Å². The van der Waals surface area contributed by atoms with Crippen LogP contribution in [0.1, 0.15) is 24.8 Å². The number of nitrogens with two attached hydrogens (primary N) is 1. The van der Waals surface area contributed by atoms with E-state index in [2.05, 4.69) is 10.2 Å². The Labute approximate surface area is 119 Å². The Bertz CT molecular complexity index is 468. The van der Waals surface area contributed by atoms with Gasteiger partial charge in [0.2, 0.25) is 5.91 Å². The summed E-state index contributed by atoms with van der Waals surface area (Å²) in [5.41, 5.74) is 8.19. The van der Waals surface area contributed by atoms with E-state index in [1.54, 1.807) is 0 Å². The molecule has 0 atom stereocenters. The molecule has 20 heavy (non-hydrogen) atoms. The molecule has 5 nitrogen and oxygen atoms in total. The first-order valence-corrected chi connectivity index (χ1v) is 7.11. The van der Waals surface area contributed by atoms with Crippen molar-refractivity contribution in [1.82, 2.24) is 4.90 Å². The van der Waals surface area contributed by atoms with Crippen LogP contribution in [0.3, 0.4) is 0 Å². The van der Waals surface area contributed by atoms with Gasteiger partial charge in [0, 0.05) is 37.4 Å². The molecule has 110 valence electrons. The van der Waals surface area contributed by atoms with Gasteiger partial charge >= 0.3 is 0 Å². The number of rotatable bonds is 4. The van der Waals surface area contributed by atoms with Crippen LogP contribution in [0.5, 0.6) is 0 Å². The molecular weight excluding hydrogens is 254 g/mol. The Morgan fingerprint density at radius 1 is 1.45 bits per heavy atom. The number of likely N-dealkylation sites (tertiary alicyclic amines) is 1. The molecule has 1 heterocycles. The Balaban J connectivity index is 1.79. The summed E-state index contributed by atoms with van der Waals surface area (Å²) in [6, 6.07) is 5.52. The largest absolute Gasteiger partial charge is 0.398 e. The molecule has 1 saturated heterocycles. The summed E-state index contributed by atoms with van der Waals surface area (Å²) in [6.07, 6.45) is 1.89. The van der Waals surface area contributed by atoms with Crippen LogP contribution in [0.4, 0.5) is 11.4 Å². The van der Waals surface area contributed by atoms with E-state index in [4.69, 9.17) is 5.73 Å². The lowest BCUT2D eigenvalue weighted by Crippen LogP contribution is -2.37. The first kappa shape index (κ1) is 14.8. The molecule has 1 amide bonds. The van der Waals surface area contributed by atoms with E-state index in [-0.39, 0.29) is 12.0 Å². The third-order valence-electron chi connectivity index (χ3n) is 3.86. The Kier molecular flexibility index (Phi) is 4.98. The number of aliphatic hydroxyl groups is 1. The highest BCUT2D eigenvalue weighted by molar-refractivity contribution is 5.92. The van der Waals surface area contributed by atoms with Crippen molar-refractivity contribution < 1.29 is 9.90 Å². The van der Waals surface area contributed by atoms with Crippen molar-refractivity contribution in [2.75, 3.05) is 30.7 Å². The molecule has 0 radical (unpaired) electrons. The van der Waals surface area contributed by atoms with E-state index in [0.29, 0.717) is 12.1 Å². The molecule has 2 rings (SSSR count). The fraction of sp³-hybridized carbons (Fsp3) is 0.533. The molecule has 0 unspecified atom stereocenters. The average Bonchev–Trinajstić information content (AvgIpc) is 2.43. The fourth-order valence-electron chi connectivity index (χ4n) is 2.40. The number of anilines is 2. The second-order valence-electron chi connectivity index (χ2n) is 5.39. The zero-order valence-electron chi connectivity index (χ0n) is 11.9. The number of aliphatic hydroxyl groups excluding tert-OH is 1. The van der Waals surface area contributed by atoms with Crippen molar-refractivity contribution in [3.63, 3.8) is 0 Å². The first-order chi connectivity index (χ1) is 9.56. The minimum Gasteiger partial charge on any atom is -0.398 e. The second kappa shape index (κ2) is 6.72. The van der Waals surface area contributed by atoms with E-state index in [9.17, 15) is 9.90 Å². The van der Waals surface area contributed by atoms with Crippen molar-refractivity contribution in [3.05, 3.63) is 23.8 Å². The number of nitrogens with zero attached hydrogens (tertiary/aromatic N) is 1. The molecule has 1 fully saturated rings. The predicted molar refractivity (Wildman–Crippen MR) is 80.5 cm³/mol. The van der Waals surface area contributed by atoms with E-state index >= 15 is 0 Å². The zero-order valence-corrected chi connectivity index (χ0v) is 11.9. The maximum absolute atomic E-state index is 12.0. The summed E-state index contributed by atoms with van der Waals surface area (Å²) >= 11 is 0. The molecule has 1 aliphatic heterocycles. The minimum absolute atomic E-state index is 0.00446. The third kappa shape index (κ3) is 3.95. The number of hydrogen-bond acceptors (Lipinski definition) is 4. The topological polar surface area (TPSA) is 78.6 Å². The molecule has 1 aromatic rings. The molecule has 0 aliphatic carbocycles. The van der Waals surface area contributed by atoms with E-state index in [1.807, 2.05) is 25.1 Å². The van der Waals surface area contributed by atoms with Gasteiger partial charge in [0.05, 0.1) is 6.10 Å². The van der Waals surface area contributed by atoms with Crippen LogP contribution in [0.2, 0.25) is 0 Å². The smallest absolute Gasteiger partial charge is 0.225 e. The van der Waals surface area contributed by atoms with Gasteiger partial charge in [0.15, 0.2) is 0 Å². The molecule has 0 bridgehead atoms. The first-order valence-electron chi connectivity index (χ1n) is 7.11. The monoisotopic (exact) mass is 277 g/mol. The van der Waals surface area contributed by atoms with Crippen molar-refractivity contribution in [2.45, 2.75) is 32.3 Å². The lowest BCUT2D eigenvalue weighted by molar-refractivity contribution is -0.116. The Hall–Kier alpha value is -1.59. The van der Waals surface area contributed by atoms with Gasteiger partial charge in [-0.3, -0.25) is 4.79 Å². The van der Waals surface area contributed by atoms with Gasteiger partial charge in [-0.25, -0.2) is 0 Å². The lowest BCUT2D eigenvalue weighted by Gasteiger charge is -2.29. The molecule has 4 N–H and O–H groups in total. The number of piperidine rings is 1. The fourth-order valence-corrected chi connectivity index (χ4v) is 2.40.